The summed E-state index contributed by atoms with van der Waals surface area (Å²) in [6.07, 6.45) is 0.994. The van der Waals surface area contributed by atoms with E-state index in [1.54, 1.807) is 47.8 Å². The SMILES string of the molecule is COCCN1[C@@H]2CCN(Cc3ccccc3F)CC[C@H]2Oc2ccccc2S1(=O)=O. The topological polar surface area (TPSA) is 59.1 Å². The number of benzene rings is 2. The van der Waals surface area contributed by atoms with E-state index in [4.69, 9.17) is 9.47 Å². The van der Waals surface area contributed by atoms with Crippen molar-refractivity contribution >= 4 is 10.0 Å². The molecule has 0 radical (unpaired) electrons. The van der Waals surface area contributed by atoms with Gasteiger partial charge in [-0.15, -0.1) is 0 Å². The second-order valence-corrected chi connectivity index (χ2v) is 9.58. The van der Waals surface area contributed by atoms with Gasteiger partial charge in [-0.25, -0.2) is 12.8 Å². The fourth-order valence-electron chi connectivity index (χ4n) is 4.30. The Labute approximate surface area is 177 Å². The first-order valence-corrected chi connectivity index (χ1v) is 11.7. The van der Waals surface area contributed by atoms with E-state index in [2.05, 4.69) is 4.90 Å². The summed E-state index contributed by atoms with van der Waals surface area (Å²) in [5.41, 5.74) is 0.648. The van der Waals surface area contributed by atoms with E-state index in [1.165, 1.54) is 6.07 Å². The zero-order valence-corrected chi connectivity index (χ0v) is 17.9. The second kappa shape index (κ2) is 9.01. The maximum Gasteiger partial charge on any atom is 0.247 e. The minimum atomic E-state index is -3.71. The third-order valence-corrected chi connectivity index (χ3v) is 7.82. The first-order valence-electron chi connectivity index (χ1n) is 10.2. The predicted octanol–water partition coefficient (Wildman–Crippen LogP) is 2.89. The lowest BCUT2D eigenvalue weighted by atomic mass is 10.1. The average Bonchev–Trinajstić information content (AvgIpc) is 2.97. The Bertz CT molecular complexity index is 985. The van der Waals surface area contributed by atoms with Crippen molar-refractivity contribution in [3.63, 3.8) is 0 Å². The summed E-state index contributed by atoms with van der Waals surface area (Å²) in [5, 5.41) is 0. The Kier molecular flexibility index (Phi) is 6.38. The normalized spacial score (nSPS) is 24.2. The number of likely N-dealkylation sites (tertiary alicyclic amines) is 1. The van der Waals surface area contributed by atoms with Gasteiger partial charge in [0, 0.05) is 38.9 Å². The van der Waals surface area contributed by atoms with Crippen LogP contribution in [0.2, 0.25) is 0 Å². The zero-order valence-electron chi connectivity index (χ0n) is 17.0. The van der Waals surface area contributed by atoms with Gasteiger partial charge >= 0.3 is 0 Å². The average molecular weight is 435 g/mol. The van der Waals surface area contributed by atoms with Crippen molar-refractivity contribution in [1.29, 1.82) is 0 Å². The van der Waals surface area contributed by atoms with Crippen molar-refractivity contribution in [3.8, 4) is 5.75 Å². The quantitative estimate of drug-likeness (QED) is 0.724. The molecular formula is C22H27FN2O4S. The Balaban J connectivity index is 1.61. The highest BCUT2D eigenvalue weighted by atomic mass is 32.2. The van der Waals surface area contributed by atoms with Crippen molar-refractivity contribution < 1.29 is 22.3 Å². The molecule has 2 heterocycles. The van der Waals surface area contributed by atoms with Gasteiger partial charge < -0.3 is 9.47 Å². The van der Waals surface area contributed by atoms with Crippen molar-refractivity contribution in [2.45, 2.75) is 36.4 Å². The van der Waals surface area contributed by atoms with Gasteiger partial charge in [0.1, 0.15) is 22.6 Å². The molecule has 8 heteroatoms. The van der Waals surface area contributed by atoms with Crippen LogP contribution >= 0.6 is 0 Å². The zero-order chi connectivity index (χ0) is 21.1. The van der Waals surface area contributed by atoms with Crippen molar-refractivity contribution in [1.82, 2.24) is 9.21 Å². The van der Waals surface area contributed by atoms with E-state index >= 15 is 0 Å². The number of sulfonamides is 1. The smallest absolute Gasteiger partial charge is 0.247 e. The summed E-state index contributed by atoms with van der Waals surface area (Å²) < 4.78 is 54.0. The summed E-state index contributed by atoms with van der Waals surface area (Å²) in [4.78, 5) is 2.38. The molecule has 4 rings (SSSR count). The summed E-state index contributed by atoms with van der Waals surface area (Å²) in [5.74, 6) is 0.181. The summed E-state index contributed by atoms with van der Waals surface area (Å²) in [6, 6.07) is 13.3. The molecule has 2 aliphatic rings. The highest BCUT2D eigenvalue weighted by Gasteiger charge is 2.43. The summed E-state index contributed by atoms with van der Waals surface area (Å²) in [7, 11) is -2.15. The van der Waals surface area contributed by atoms with E-state index in [9.17, 15) is 12.8 Å². The lowest BCUT2D eigenvalue weighted by Gasteiger charge is -2.31. The number of nitrogens with zero attached hydrogens (tertiary/aromatic N) is 2. The van der Waals surface area contributed by atoms with Crippen LogP contribution in [0.15, 0.2) is 53.4 Å². The Morgan fingerprint density at radius 2 is 1.83 bits per heavy atom. The highest BCUT2D eigenvalue weighted by molar-refractivity contribution is 7.89. The maximum atomic E-state index is 14.1. The van der Waals surface area contributed by atoms with Gasteiger partial charge in [-0.3, -0.25) is 4.90 Å². The number of halogens is 1. The van der Waals surface area contributed by atoms with Crippen LogP contribution in [0.1, 0.15) is 18.4 Å². The van der Waals surface area contributed by atoms with Gasteiger partial charge in [0.15, 0.2) is 0 Å². The molecule has 0 amide bonds. The number of hydrogen-bond donors (Lipinski definition) is 0. The molecule has 2 atom stereocenters. The molecule has 2 aromatic carbocycles. The fourth-order valence-corrected chi connectivity index (χ4v) is 6.09. The third kappa shape index (κ3) is 4.23. The molecule has 0 saturated carbocycles. The van der Waals surface area contributed by atoms with E-state index in [1.807, 2.05) is 6.07 Å². The summed E-state index contributed by atoms with van der Waals surface area (Å²) >= 11 is 0. The molecule has 0 unspecified atom stereocenters. The number of methoxy groups -OCH3 is 1. The van der Waals surface area contributed by atoms with Crippen molar-refractivity contribution in [2.75, 3.05) is 33.4 Å². The predicted molar refractivity (Wildman–Crippen MR) is 111 cm³/mol. The molecule has 162 valence electrons. The number of para-hydroxylation sites is 1. The lowest BCUT2D eigenvalue weighted by Crippen LogP contribution is -2.48. The van der Waals surface area contributed by atoms with Gasteiger partial charge in [-0.05, 0) is 31.0 Å². The highest BCUT2D eigenvalue weighted by Crippen LogP contribution is 2.36. The van der Waals surface area contributed by atoms with Crippen LogP contribution in [0.5, 0.6) is 5.75 Å². The number of ether oxygens (including phenoxy) is 2. The Hall–Kier alpha value is -2.00. The molecule has 6 nitrogen and oxygen atoms in total. The van der Waals surface area contributed by atoms with Crippen LogP contribution in [0.25, 0.3) is 0 Å². The van der Waals surface area contributed by atoms with Crippen molar-refractivity contribution in [2.24, 2.45) is 0 Å². The fraction of sp³-hybridized carbons (Fsp3) is 0.455. The van der Waals surface area contributed by atoms with Gasteiger partial charge in [0.2, 0.25) is 10.0 Å². The molecular weight excluding hydrogens is 407 g/mol. The van der Waals surface area contributed by atoms with Gasteiger partial charge in [-0.2, -0.15) is 4.31 Å². The molecule has 1 fully saturated rings. The van der Waals surface area contributed by atoms with E-state index < -0.39 is 10.0 Å². The number of fused-ring (bicyclic) bond motifs is 2. The molecule has 1 saturated heterocycles. The number of rotatable bonds is 5. The van der Waals surface area contributed by atoms with Crippen LogP contribution in [-0.2, 0) is 21.3 Å². The maximum absolute atomic E-state index is 14.1. The van der Waals surface area contributed by atoms with E-state index in [-0.39, 0.29) is 29.4 Å². The minimum absolute atomic E-state index is 0.206. The van der Waals surface area contributed by atoms with Gasteiger partial charge in [0.05, 0.1) is 12.6 Å². The second-order valence-electron chi connectivity index (χ2n) is 7.72. The third-order valence-electron chi connectivity index (χ3n) is 5.85. The van der Waals surface area contributed by atoms with Crippen LogP contribution in [0.3, 0.4) is 0 Å². The van der Waals surface area contributed by atoms with Crippen molar-refractivity contribution in [3.05, 3.63) is 59.9 Å². The molecule has 0 bridgehead atoms. The van der Waals surface area contributed by atoms with E-state index in [0.29, 0.717) is 50.4 Å². The first kappa shape index (κ1) is 21.2. The molecule has 0 aliphatic carbocycles. The lowest BCUT2D eigenvalue weighted by molar-refractivity contribution is 0.0958. The standard InChI is InChI=1S/C22H27FN2O4S/c1-28-15-14-25-19-10-12-24(16-17-6-2-3-7-18(17)23)13-11-20(19)29-21-8-4-5-9-22(21)30(25,26)27/h2-9,19-20H,10-16H2,1H3/t19-,20-/m1/s1. The molecule has 2 aromatic rings. The molecule has 30 heavy (non-hydrogen) atoms. The monoisotopic (exact) mass is 434 g/mol. The van der Waals surface area contributed by atoms with E-state index in [0.717, 1.165) is 0 Å². The first-order chi connectivity index (χ1) is 14.5. The van der Waals surface area contributed by atoms with Gasteiger partial charge in [-0.1, -0.05) is 30.3 Å². The molecule has 0 aromatic heterocycles. The van der Waals surface area contributed by atoms with Crippen LogP contribution in [0.4, 0.5) is 4.39 Å². The Morgan fingerprint density at radius 1 is 1.10 bits per heavy atom. The minimum Gasteiger partial charge on any atom is -0.487 e. The largest absolute Gasteiger partial charge is 0.487 e. The van der Waals surface area contributed by atoms with Crippen LogP contribution in [-0.4, -0.2) is 63.1 Å². The molecule has 2 aliphatic heterocycles. The van der Waals surface area contributed by atoms with Gasteiger partial charge in [0.25, 0.3) is 0 Å². The van der Waals surface area contributed by atoms with Crippen LogP contribution < -0.4 is 4.74 Å². The summed E-state index contributed by atoms with van der Waals surface area (Å²) in [6.45, 7) is 2.44. The number of hydrogen-bond acceptors (Lipinski definition) is 5. The van der Waals surface area contributed by atoms with Crippen LogP contribution in [0, 0.1) is 5.82 Å². The molecule has 0 spiro atoms. The molecule has 0 N–H and O–H groups in total. The Morgan fingerprint density at radius 3 is 2.63 bits per heavy atom.